The van der Waals surface area contributed by atoms with Crippen LogP contribution in [0.5, 0.6) is 0 Å². The molecule has 2 rings (SSSR count). The molecule has 24 heavy (non-hydrogen) atoms. The molecule has 0 aromatic heterocycles. The van der Waals surface area contributed by atoms with E-state index in [1.165, 1.54) is 51.4 Å². The highest BCUT2D eigenvalue weighted by atomic mass is 79.9. The second-order valence-corrected chi connectivity index (χ2v) is 9.51. The molecule has 1 aliphatic rings. The van der Waals surface area contributed by atoms with Crippen molar-refractivity contribution in [1.82, 2.24) is 4.72 Å². The lowest BCUT2D eigenvalue weighted by atomic mass is 10.0. The Labute approximate surface area is 155 Å². The van der Waals surface area contributed by atoms with E-state index in [9.17, 15) is 8.42 Å². The fraction of sp³-hybridized carbons (Fsp3) is 0.684. The van der Waals surface area contributed by atoms with Crippen LogP contribution in [0.25, 0.3) is 0 Å². The number of rotatable bonds is 3. The molecule has 3 nitrogen and oxygen atoms in total. The molecular weight excluding hydrogens is 386 g/mol. The number of sulfonamides is 1. The van der Waals surface area contributed by atoms with Gasteiger partial charge >= 0.3 is 0 Å². The topological polar surface area (TPSA) is 46.2 Å². The van der Waals surface area contributed by atoms with Crippen molar-refractivity contribution in [2.45, 2.75) is 88.0 Å². The maximum atomic E-state index is 12.6. The summed E-state index contributed by atoms with van der Waals surface area (Å²) in [5.74, 6) is 0. The fourth-order valence-corrected chi connectivity index (χ4v) is 4.93. The highest BCUT2D eigenvalue weighted by Gasteiger charge is 2.19. The lowest BCUT2D eigenvalue weighted by molar-refractivity contribution is 0.459. The molecule has 1 aromatic rings. The van der Waals surface area contributed by atoms with E-state index < -0.39 is 10.0 Å². The Bertz CT molecular complexity index is 558. The Kier molecular flexibility index (Phi) is 8.77. The molecule has 0 aliphatic heterocycles. The zero-order valence-electron chi connectivity index (χ0n) is 14.5. The van der Waals surface area contributed by atoms with Gasteiger partial charge in [-0.3, -0.25) is 0 Å². The first-order chi connectivity index (χ1) is 11.6. The maximum absolute atomic E-state index is 12.6. The van der Waals surface area contributed by atoms with Crippen molar-refractivity contribution in [3.8, 4) is 0 Å². The fourth-order valence-electron chi connectivity index (χ4n) is 3.36. The zero-order chi connectivity index (χ0) is 17.3. The van der Waals surface area contributed by atoms with E-state index in [1.807, 2.05) is 0 Å². The first kappa shape index (κ1) is 19.9. The van der Waals surface area contributed by atoms with Crippen LogP contribution in [0, 0.1) is 0 Å². The van der Waals surface area contributed by atoms with Crippen LogP contribution >= 0.6 is 15.9 Å². The van der Waals surface area contributed by atoms with Gasteiger partial charge in [-0.15, -0.1) is 0 Å². The summed E-state index contributed by atoms with van der Waals surface area (Å²) < 4.78 is 29.1. The molecule has 0 amide bonds. The summed E-state index contributed by atoms with van der Waals surface area (Å²) in [4.78, 5) is 0.355. The Hall–Kier alpha value is -0.390. The van der Waals surface area contributed by atoms with Crippen molar-refractivity contribution < 1.29 is 8.42 Å². The van der Waals surface area contributed by atoms with Gasteiger partial charge in [-0.05, 0) is 37.1 Å². The van der Waals surface area contributed by atoms with E-state index in [-0.39, 0.29) is 6.04 Å². The molecule has 0 spiro atoms. The average Bonchev–Trinajstić information content (AvgIpc) is 2.57. The van der Waals surface area contributed by atoms with Gasteiger partial charge in [0, 0.05) is 10.5 Å². The number of hydrogen-bond acceptors (Lipinski definition) is 2. The third-order valence-corrected chi connectivity index (χ3v) is 6.87. The van der Waals surface area contributed by atoms with E-state index in [0.29, 0.717) is 4.90 Å². The molecule has 0 unspecified atom stereocenters. The second kappa shape index (κ2) is 10.6. The molecule has 0 bridgehead atoms. The van der Waals surface area contributed by atoms with Crippen molar-refractivity contribution in [2.75, 3.05) is 0 Å². The van der Waals surface area contributed by atoms with Crippen LogP contribution in [-0.4, -0.2) is 14.5 Å². The Morgan fingerprint density at radius 2 is 1.17 bits per heavy atom. The quantitative estimate of drug-likeness (QED) is 0.678. The van der Waals surface area contributed by atoms with Crippen LogP contribution in [0.3, 0.4) is 0 Å². The van der Waals surface area contributed by atoms with E-state index >= 15 is 0 Å². The molecule has 1 N–H and O–H groups in total. The van der Waals surface area contributed by atoms with E-state index in [4.69, 9.17) is 0 Å². The first-order valence-electron chi connectivity index (χ1n) is 9.36. The highest BCUT2D eigenvalue weighted by molar-refractivity contribution is 9.10. The SMILES string of the molecule is O=S(=O)(NC1CCCCCCCCCCCC1)c1ccc(Br)cc1. The highest BCUT2D eigenvalue weighted by Crippen LogP contribution is 2.20. The number of benzene rings is 1. The average molecular weight is 416 g/mol. The molecule has 1 aliphatic carbocycles. The summed E-state index contributed by atoms with van der Waals surface area (Å²) in [6, 6.07) is 6.94. The van der Waals surface area contributed by atoms with Crippen LogP contribution in [0.4, 0.5) is 0 Å². The van der Waals surface area contributed by atoms with Gasteiger partial charge in [0.25, 0.3) is 0 Å². The third-order valence-electron chi connectivity index (χ3n) is 4.80. The molecule has 5 heteroatoms. The molecule has 1 aromatic carbocycles. The summed E-state index contributed by atoms with van der Waals surface area (Å²) in [6.07, 6.45) is 14.5. The molecule has 0 saturated heterocycles. The normalized spacial score (nSPS) is 19.9. The third kappa shape index (κ3) is 7.24. The van der Waals surface area contributed by atoms with Crippen molar-refractivity contribution in [2.24, 2.45) is 0 Å². The summed E-state index contributed by atoms with van der Waals surface area (Å²) in [5, 5.41) is 0. The van der Waals surface area contributed by atoms with Crippen LogP contribution in [-0.2, 0) is 10.0 Å². The largest absolute Gasteiger partial charge is 0.240 e. The first-order valence-corrected chi connectivity index (χ1v) is 11.6. The zero-order valence-corrected chi connectivity index (χ0v) is 16.9. The molecule has 136 valence electrons. The van der Waals surface area contributed by atoms with Gasteiger partial charge in [0.05, 0.1) is 4.90 Å². The maximum Gasteiger partial charge on any atom is 0.240 e. The van der Waals surface area contributed by atoms with E-state index in [2.05, 4.69) is 20.7 Å². The minimum atomic E-state index is -3.42. The monoisotopic (exact) mass is 415 g/mol. The molecule has 0 atom stereocenters. The minimum Gasteiger partial charge on any atom is -0.208 e. The van der Waals surface area contributed by atoms with Crippen LogP contribution < -0.4 is 4.72 Å². The summed E-state index contributed by atoms with van der Waals surface area (Å²) in [6.45, 7) is 0. The summed E-state index contributed by atoms with van der Waals surface area (Å²) in [7, 11) is -3.42. The van der Waals surface area contributed by atoms with Crippen molar-refractivity contribution >= 4 is 26.0 Å². The predicted octanol–water partition coefficient (Wildman–Crippen LogP) is 5.79. The number of hydrogen-bond donors (Lipinski definition) is 1. The van der Waals surface area contributed by atoms with Crippen LogP contribution in [0.15, 0.2) is 33.6 Å². The van der Waals surface area contributed by atoms with Gasteiger partial charge in [-0.2, -0.15) is 0 Å². The van der Waals surface area contributed by atoms with Gasteiger partial charge in [0.2, 0.25) is 10.0 Å². The van der Waals surface area contributed by atoms with Gasteiger partial charge in [-0.25, -0.2) is 13.1 Å². The van der Waals surface area contributed by atoms with Gasteiger partial charge < -0.3 is 0 Å². The number of nitrogens with one attached hydrogen (secondary N) is 1. The van der Waals surface area contributed by atoms with Crippen molar-refractivity contribution in [3.63, 3.8) is 0 Å². The summed E-state index contributed by atoms with van der Waals surface area (Å²) >= 11 is 3.35. The summed E-state index contributed by atoms with van der Waals surface area (Å²) in [5.41, 5.74) is 0. The molecule has 1 fully saturated rings. The van der Waals surface area contributed by atoms with E-state index in [0.717, 1.165) is 30.2 Å². The molecule has 0 radical (unpaired) electrons. The molecule has 0 heterocycles. The minimum absolute atomic E-state index is 0.0689. The second-order valence-electron chi connectivity index (χ2n) is 6.89. The Balaban J connectivity index is 1.96. The lowest BCUT2D eigenvalue weighted by Crippen LogP contribution is -2.34. The van der Waals surface area contributed by atoms with Crippen molar-refractivity contribution in [3.05, 3.63) is 28.7 Å². The van der Waals surface area contributed by atoms with Gasteiger partial charge in [-0.1, -0.05) is 80.1 Å². The van der Waals surface area contributed by atoms with Crippen molar-refractivity contribution in [1.29, 1.82) is 0 Å². The van der Waals surface area contributed by atoms with Gasteiger partial charge in [0.15, 0.2) is 0 Å². The molecular formula is C19H30BrNO2S. The Morgan fingerprint density at radius 1 is 0.750 bits per heavy atom. The Morgan fingerprint density at radius 3 is 1.62 bits per heavy atom. The van der Waals surface area contributed by atoms with Gasteiger partial charge in [0.1, 0.15) is 0 Å². The number of halogens is 1. The van der Waals surface area contributed by atoms with Crippen LogP contribution in [0.2, 0.25) is 0 Å². The smallest absolute Gasteiger partial charge is 0.208 e. The molecule has 1 saturated carbocycles. The lowest BCUT2D eigenvalue weighted by Gasteiger charge is -2.19. The standard InChI is InChI=1S/C19H30BrNO2S/c20-17-13-15-19(16-14-17)24(22,23)21-18-11-9-7-5-3-1-2-4-6-8-10-12-18/h13-16,18,21H,1-12H2. The van der Waals surface area contributed by atoms with E-state index in [1.54, 1.807) is 24.3 Å². The predicted molar refractivity (Wildman–Crippen MR) is 104 cm³/mol. The van der Waals surface area contributed by atoms with Crippen LogP contribution in [0.1, 0.15) is 77.0 Å².